The van der Waals surface area contributed by atoms with Gasteiger partial charge in [0.2, 0.25) is 11.8 Å². The van der Waals surface area contributed by atoms with Gasteiger partial charge in [0.25, 0.3) is 0 Å². The van der Waals surface area contributed by atoms with Crippen LogP contribution in [0.3, 0.4) is 0 Å². The zero-order valence-corrected chi connectivity index (χ0v) is 18.5. The van der Waals surface area contributed by atoms with Crippen LogP contribution >= 0.6 is 11.6 Å². The number of carbonyl (C=O) groups is 2. The Hall–Kier alpha value is -2.41. The summed E-state index contributed by atoms with van der Waals surface area (Å²) in [4.78, 5) is 28.5. The Morgan fingerprint density at radius 2 is 1.81 bits per heavy atom. The maximum Gasteiger partial charge on any atom is 0.234 e. The molecule has 1 atom stereocenters. The number of halogens is 1. The number of benzene rings is 2. The fourth-order valence-corrected chi connectivity index (χ4v) is 4.49. The van der Waals surface area contributed by atoms with E-state index >= 15 is 0 Å². The van der Waals surface area contributed by atoms with Gasteiger partial charge in [-0.2, -0.15) is 0 Å². The highest BCUT2D eigenvalue weighted by Crippen LogP contribution is 2.37. The number of nitrogens with zero attached hydrogens (tertiary/aromatic N) is 2. The summed E-state index contributed by atoms with van der Waals surface area (Å²) < 4.78 is 5.93. The first-order chi connectivity index (χ1) is 15.0. The largest absolute Gasteiger partial charge is 0.492 e. The summed E-state index contributed by atoms with van der Waals surface area (Å²) in [5.74, 6) is -0.0752. The van der Waals surface area contributed by atoms with Crippen molar-refractivity contribution in [3.8, 4) is 16.9 Å². The van der Waals surface area contributed by atoms with E-state index in [2.05, 4.69) is 22.2 Å². The molecule has 2 aliphatic heterocycles. The van der Waals surface area contributed by atoms with Crippen LogP contribution in [0.5, 0.6) is 5.75 Å². The summed E-state index contributed by atoms with van der Waals surface area (Å²) in [5, 5.41) is 2.96. The van der Waals surface area contributed by atoms with Gasteiger partial charge in [0.15, 0.2) is 0 Å². The lowest BCUT2D eigenvalue weighted by Gasteiger charge is -2.32. The summed E-state index contributed by atoms with van der Waals surface area (Å²) in [6.45, 7) is 5.96. The Kier molecular flexibility index (Phi) is 6.90. The lowest BCUT2D eigenvalue weighted by atomic mass is 9.88. The first-order valence-corrected chi connectivity index (χ1v) is 11.2. The van der Waals surface area contributed by atoms with Crippen molar-refractivity contribution in [1.82, 2.24) is 15.1 Å². The Bertz CT molecular complexity index is 940. The standard InChI is InChI=1S/C24H28ClN3O3/c1-27-11-13-28(14-12-27)15-16-31-18-7-5-17(6-8-18)19-3-2-4-20(23(19)25)21-9-10-22(29)26-24(21)30/h2-8,21H,9-16H2,1H3,(H,26,29,30)/t21-/m0/s1. The Balaban J connectivity index is 1.40. The second-order valence-corrected chi connectivity index (χ2v) is 8.61. The minimum Gasteiger partial charge on any atom is -0.492 e. The van der Waals surface area contributed by atoms with Gasteiger partial charge in [0.1, 0.15) is 12.4 Å². The molecule has 0 aromatic heterocycles. The van der Waals surface area contributed by atoms with Gasteiger partial charge < -0.3 is 9.64 Å². The smallest absolute Gasteiger partial charge is 0.234 e. The predicted molar refractivity (Wildman–Crippen MR) is 121 cm³/mol. The maximum atomic E-state index is 12.3. The normalized spacial score (nSPS) is 20.5. The molecular formula is C24H28ClN3O3. The van der Waals surface area contributed by atoms with Gasteiger partial charge in [-0.25, -0.2) is 0 Å². The average Bonchev–Trinajstić information content (AvgIpc) is 2.76. The third-order valence-corrected chi connectivity index (χ3v) is 6.50. The molecule has 164 valence electrons. The van der Waals surface area contributed by atoms with Crippen LogP contribution in [0.25, 0.3) is 11.1 Å². The van der Waals surface area contributed by atoms with E-state index in [1.165, 1.54) is 0 Å². The lowest BCUT2D eigenvalue weighted by Crippen LogP contribution is -2.45. The summed E-state index contributed by atoms with van der Waals surface area (Å²) in [6.07, 6.45) is 0.811. The minimum absolute atomic E-state index is 0.225. The van der Waals surface area contributed by atoms with Crippen LogP contribution in [-0.2, 0) is 9.59 Å². The molecular weight excluding hydrogens is 414 g/mol. The number of nitrogens with one attached hydrogen (secondary N) is 1. The fraction of sp³-hybridized carbons (Fsp3) is 0.417. The van der Waals surface area contributed by atoms with E-state index in [0.717, 1.165) is 55.2 Å². The number of hydrogen-bond donors (Lipinski definition) is 1. The average molecular weight is 442 g/mol. The molecule has 2 amide bonds. The van der Waals surface area contributed by atoms with Crippen LogP contribution in [0.15, 0.2) is 42.5 Å². The van der Waals surface area contributed by atoms with E-state index in [-0.39, 0.29) is 11.8 Å². The van der Waals surface area contributed by atoms with Gasteiger partial charge in [0, 0.05) is 44.7 Å². The molecule has 0 unspecified atom stereocenters. The van der Waals surface area contributed by atoms with Crippen molar-refractivity contribution in [1.29, 1.82) is 0 Å². The zero-order chi connectivity index (χ0) is 21.8. The molecule has 1 N–H and O–H groups in total. The number of rotatable bonds is 6. The third-order valence-electron chi connectivity index (χ3n) is 6.08. The highest BCUT2D eigenvalue weighted by molar-refractivity contribution is 6.34. The topological polar surface area (TPSA) is 61.9 Å². The van der Waals surface area contributed by atoms with Gasteiger partial charge in [0.05, 0.1) is 10.9 Å². The number of carbonyl (C=O) groups excluding carboxylic acids is 2. The second-order valence-electron chi connectivity index (χ2n) is 8.23. The molecule has 2 saturated heterocycles. The molecule has 0 radical (unpaired) electrons. The molecule has 31 heavy (non-hydrogen) atoms. The molecule has 0 spiro atoms. The van der Waals surface area contributed by atoms with Crippen molar-refractivity contribution in [2.75, 3.05) is 46.4 Å². The fourth-order valence-electron chi connectivity index (χ4n) is 4.13. The zero-order valence-electron chi connectivity index (χ0n) is 17.8. The number of piperazine rings is 1. The van der Waals surface area contributed by atoms with E-state index in [9.17, 15) is 9.59 Å². The van der Waals surface area contributed by atoms with E-state index in [1.807, 2.05) is 42.5 Å². The van der Waals surface area contributed by atoms with Crippen molar-refractivity contribution < 1.29 is 14.3 Å². The monoisotopic (exact) mass is 441 g/mol. The second kappa shape index (κ2) is 9.81. The first-order valence-electron chi connectivity index (χ1n) is 10.8. The van der Waals surface area contributed by atoms with Crippen LogP contribution in [0.1, 0.15) is 24.3 Å². The van der Waals surface area contributed by atoms with Gasteiger partial charge in [-0.15, -0.1) is 0 Å². The lowest BCUT2D eigenvalue weighted by molar-refractivity contribution is -0.134. The van der Waals surface area contributed by atoms with Crippen molar-refractivity contribution >= 4 is 23.4 Å². The SMILES string of the molecule is CN1CCN(CCOc2ccc(-c3cccc([C@@H]4CCC(=O)NC4=O)c3Cl)cc2)CC1. The summed E-state index contributed by atoms with van der Waals surface area (Å²) in [6, 6.07) is 13.6. The van der Waals surface area contributed by atoms with E-state index in [4.69, 9.17) is 16.3 Å². The molecule has 6 nitrogen and oxygen atoms in total. The number of ether oxygens (including phenoxy) is 1. The van der Waals surface area contributed by atoms with Crippen LogP contribution in [-0.4, -0.2) is 68.0 Å². The Labute approximate surface area is 188 Å². The Morgan fingerprint density at radius 3 is 2.52 bits per heavy atom. The molecule has 2 fully saturated rings. The number of amides is 2. The molecule has 2 aromatic rings. The highest BCUT2D eigenvalue weighted by Gasteiger charge is 2.30. The summed E-state index contributed by atoms with van der Waals surface area (Å²) in [5.41, 5.74) is 2.59. The van der Waals surface area contributed by atoms with Crippen molar-refractivity contribution in [2.45, 2.75) is 18.8 Å². The number of piperidine rings is 1. The van der Waals surface area contributed by atoms with Crippen molar-refractivity contribution in [3.63, 3.8) is 0 Å². The van der Waals surface area contributed by atoms with Gasteiger partial charge in [-0.3, -0.25) is 19.8 Å². The van der Waals surface area contributed by atoms with E-state index < -0.39 is 5.92 Å². The molecule has 7 heteroatoms. The molecule has 4 rings (SSSR count). The first kappa shape index (κ1) is 21.8. The van der Waals surface area contributed by atoms with Crippen LogP contribution < -0.4 is 10.1 Å². The third kappa shape index (κ3) is 5.26. The van der Waals surface area contributed by atoms with Crippen molar-refractivity contribution in [2.24, 2.45) is 0 Å². The minimum atomic E-state index is -0.401. The molecule has 0 aliphatic carbocycles. The number of imide groups is 1. The van der Waals surface area contributed by atoms with Crippen molar-refractivity contribution in [3.05, 3.63) is 53.1 Å². The number of likely N-dealkylation sites (N-methyl/N-ethyl adjacent to an activating group) is 1. The van der Waals surface area contributed by atoms with Crippen LogP contribution in [0, 0.1) is 0 Å². The summed E-state index contributed by atoms with van der Waals surface area (Å²) in [7, 11) is 2.15. The molecule has 2 heterocycles. The Morgan fingerprint density at radius 1 is 1.06 bits per heavy atom. The van der Waals surface area contributed by atoms with Gasteiger partial charge >= 0.3 is 0 Å². The maximum absolute atomic E-state index is 12.3. The van der Waals surface area contributed by atoms with Crippen LogP contribution in [0.2, 0.25) is 5.02 Å². The quantitative estimate of drug-likeness (QED) is 0.698. The van der Waals surface area contributed by atoms with Gasteiger partial charge in [-0.05, 0) is 36.7 Å². The molecule has 2 aromatic carbocycles. The molecule has 0 bridgehead atoms. The van der Waals surface area contributed by atoms with Crippen LogP contribution in [0.4, 0.5) is 0 Å². The number of hydrogen-bond acceptors (Lipinski definition) is 5. The molecule has 0 saturated carbocycles. The predicted octanol–water partition coefficient (Wildman–Crippen LogP) is 3.15. The van der Waals surface area contributed by atoms with Gasteiger partial charge in [-0.1, -0.05) is 41.9 Å². The highest BCUT2D eigenvalue weighted by atomic mass is 35.5. The van der Waals surface area contributed by atoms with E-state index in [1.54, 1.807) is 0 Å². The van der Waals surface area contributed by atoms with E-state index in [0.29, 0.717) is 24.5 Å². The molecule has 2 aliphatic rings. The summed E-state index contributed by atoms with van der Waals surface area (Å²) >= 11 is 6.69.